The number of aldehydes is 1. The van der Waals surface area contributed by atoms with Gasteiger partial charge in [-0.1, -0.05) is 57.0 Å². The molecule has 0 unspecified atom stereocenters. The van der Waals surface area contributed by atoms with Crippen LogP contribution in [0.2, 0.25) is 5.02 Å². The van der Waals surface area contributed by atoms with Crippen LogP contribution in [-0.4, -0.2) is 35.9 Å². The van der Waals surface area contributed by atoms with Gasteiger partial charge in [-0.25, -0.2) is 0 Å². The first-order valence-corrected chi connectivity index (χ1v) is 12.3. The number of ether oxygens (including phenoxy) is 1. The number of aromatic nitrogens is 1. The fourth-order valence-corrected chi connectivity index (χ4v) is 3.75. The van der Waals surface area contributed by atoms with Crippen molar-refractivity contribution < 1.29 is 14.6 Å². The highest BCUT2D eigenvalue weighted by Crippen LogP contribution is 2.25. The molecule has 0 aliphatic carbocycles. The number of carbonyl (C=O) groups is 1. The van der Waals surface area contributed by atoms with Gasteiger partial charge in [0.1, 0.15) is 0 Å². The van der Waals surface area contributed by atoms with Crippen LogP contribution < -0.4 is 5.73 Å². The predicted octanol–water partition coefficient (Wildman–Crippen LogP) is 6.39. The molecule has 6 nitrogen and oxygen atoms in total. The summed E-state index contributed by atoms with van der Waals surface area (Å²) in [5.74, 6) is 0.153. The number of nitrogens with two attached hydrogens (primary N) is 1. The number of hydrogen-bond donors (Lipinski definition) is 3. The summed E-state index contributed by atoms with van der Waals surface area (Å²) in [6, 6.07) is 11.5. The molecule has 35 heavy (non-hydrogen) atoms. The molecule has 0 fully saturated rings. The van der Waals surface area contributed by atoms with E-state index >= 15 is 0 Å². The SMILES string of the molecule is CC.CCCCc1cc(Cl)ccc1C.CO/C(N)=C(/C=N)c1ccc2c(C=O)cn(CCO)c2c1. The number of unbranched alkanes of at least 4 members (excludes halogenated alkanes) is 1. The van der Waals surface area contributed by atoms with E-state index in [-0.39, 0.29) is 12.5 Å². The van der Waals surface area contributed by atoms with Crippen LogP contribution in [0.5, 0.6) is 0 Å². The maximum atomic E-state index is 11.1. The number of carbonyl (C=O) groups excluding carboxylic acids is 1. The highest BCUT2D eigenvalue weighted by atomic mass is 35.5. The summed E-state index contributed by atoms with van der Waals surface area (Å²) in [6.45, 7) is 8.71. The van der Waals surface area contributed by atoms with Gasteiger partial charge in [0.2, 0.25) is 0 Å². The first kappa shape index (κ1) is 29.9. The van der Waals surface area contributed by atoms with Gasteiger partial charge >= 0.3 is 0 Å². The van der Waals surface area contributed by atoms with Crippen molar-refractivity contribution in [3.63, 3.8) is 0 Å². The molecular weight excluding hydrogens is 462 g/mol. The van der Waals surface area contributed by atoms with Crippen LogP contribution in [0.3, 0.4) is 0 Å². The predicted molar refractivity (Wildman–Crippen MR) is 147 cm³/mol. The number of nitrogens with one attached hydrogen (secondary N) is 1. The van der Waals surface area contributed by atoms with Gasteiger partial charge in [-0.3, -0.25) is 4.79 Å². The van der Waals surface area contributed by atoms with E-state index in [2.05, 4.69) is 26.0 Å². The molecule has 190 valence electrons. The summed E-state index contributed by atoms with van der Waals surface area (Å²) in [4.78, 5) is 11.1. The third kappa shape index (κ3) is 8.26. The van der Waals surface area contributed by atoms with E-state index < -0.39 is 0 Å². The summed E-state index contributed by atoms with van der Waals surface area (Å²) >= 11 is 5.90. The van der Waals surface area contributed by atoms with Crippen molar-refractivity contribution in [3.05, 3.63) is 75.8 Å². The lowest BCUT2D eigenvalue weighted by Crippen LogP contribution is -2.05. The summed E-state index contributed by atoms with van der Waals surface area (Å²) in [6.07, 6.45) is 7.26. The van der Waals surface area contributed by atoms with Crippen molar-refractivity contribution in [2.45, 2.75) is 53.5 Å². The van der Waals surface area contributed by atoms with Crippen LogP contribution in [0.25, 0.3) is 16.5 Å². The zero-order chi connectivity index (χ0) is 26.4. The lowest BCUT2D eigenvalue weighted by atomic mass is 10.0. The van der Waals surface area contributed by atoms with Crippen molar-refractivity contribution in [1.29, 1.82) is 5.41 Å². The summed E-state index contributed by atoms with van der Waals surface area (Å²) < 4.78 is 6.78. The lowest BCUT2D eigenvalue weighted by molar-refractivity contribution is 0.112. The number of hydrogen-bond acceptors (Lipinski definition) is 5. The Morgan fingerprint density at radius 3 is 2.51 bits per heavy atom. The van der Waals surface area contributed by atoms with Gasteiger partial charge < -0.3 is 25.6 Å². The Hall–Kier alpha value is -3.09. The standard InChI is InChI=1S/C15H17N3O3.C11H15Cl.C2H6/c1-21-15(17)13(7-16)10-2-3-12-11(9-20)8-18(4-5-19)14(12)6-10;1-3-4-5-10-8-11(12)7-6-9(10)2;1-2/h2-3,6-9,16,19H,4-5,17H2,1H3;6-8H,3-5H2,1-2H3;1-2H3/b15-13-,16-7?;;. The monoisotopic (exact) mass is 499 g/mol. The molecule has 0 amide bonds. The molecule has 0 spiro atoms. The summed E-state index contributed by atoms with van der Waals surface area (Å²) in [5, 5.41) is 18.2. The molecule has 1 heterocycles. The van der Waals surface area contributed by atoms with Gasteiger partial charge in [-0.2, -0.15) is 0 Å². The van der Waals surface area contributed by atoms with Crippen molar-refractivity contribution in [1.82, 2.24) is 4.57 Å². The molecule has 1 aromatic heterocycles. The average molecular weight is 500 g/mol. The van der Waals surface area contributed by atoms with Gasteiger partial charge in [-0.15, -0.1) is 0 Å². The van der Waals surface area contributed by atoms with Crippen molar-refractivity contribution in [2.24, 2.45) is 5.73 Å². The average Bonchev–Trinajstić information content (AvgIpc) is 3.23. The highest BCUT2D eigenvalue weighted by Gasteiger charge is 2.11. The van der Waals surface area contributed by atoms with Gasteiger partial charge in [0.25, 0.3) is 0 Å². The van der Waals surface area contributed by atoms with E-state index in [1.165, 1.54) is 31.1 Å². The molecule has 4 N–H and O–H groups in total. The van der Waals surface area contributed by atoms with Crippen molar-refractivity contribution in [2.75, 3.05) is 13.7 Å². The maximum absolute atomic E-state index is 11.1. The lowest BCUT2D eigenvalue weighted by Gasteiger charge is -2.08. The zero-order valence-corrected chi connectivity index (χ0v) is 22.2. The Kier molecular flexibility index (Phi) is 13.5. The third-order valence-corrected chi connectivity index (χ3v) is 5.67. The van der Waals surface area contributed by atoms with Crippen LogP contribution in [0, 0.1) is 12.3 Å². The van der Waals surface area contributed by atoms with E-state index in [4.69, 9.17) is 32.6 Å². The number of halogens is 1. The highest BCUT2D eigenvalue weighted by molar-refractivity contribution is 6.30. The summed E-state index contributed by atoms with van der Waals surface area (Å²) in [5.41, 5.74) is 11.0. The molecule has 0 atom stereocenters. The first-order chi connectivity index (χ1) is 16.9. The molecule has 0 radical (unpaired) electrons. The Morgan fingerprint density at radius 2 is 1.94 bits per heavy atom. The topological polar surface area (TPSA) is 101 Å². The van der Waals surface area contributed by atoms with Crippen LogP contribution in [-0.2, 0) is 17.7 Å². The molecule has 0 saturated carbocycles. The minimum Gasteiger partial charge on any atom is -0.482 e. The Labute approximate surface area is 213 Å². The van der Waals surface area contributed by atoms with Crippen LogP contribution in [0.4, 0.5) is 0 Å². The third-order valence-electron chi connectivity index (χ3n) is 5.43. The van der Waals surface area contributed by atoms with Crippen LogP contribution >= 0.6 is 11.6 Å². The molecule has 0 bridgehead atoms. The smallest absolute Gasteiger partial charge is 0.193 e. The molecule has 3 aromatic rings. The second kappa shape index (κ2) is 15.7. The van der Waals surface area contributed by atoms with E-state index in [1.807, 2.05) is 26.0 Å². The van der Waals surface area contributed by atoms with Crippen molar-refractivity contribution >= 4 is 40.6 Å². The maximum Gasteiger partial charge on any atom is 0.193 e. The normalized spacial score (nSPS) is 10.9. The first-order valence-electron chi connectivity index (χ1n) is 11.9. The number of aliphatic hydroxyl groups excluding tert-OH is 1. The Morgan fingerprint density at radius 1 is 1.23 bits per heavy atom. The Bertz CT molecular complexity index is 1140. The molecular formula is C28H38ClN3O3. The number of benzene rings is 2. The number of methoxy groups -OCH3 is 1. The molecule has 7 heteroatoms. The number of rotatable bonds is 9. The van der Waals surface area contributed by atoms with E-state index in [9.17, 15) is 4.79 Å². The number of fused-ring (bicyclic) bond motifs is 1. The fraction of sp³-hybridized carbons (Fsp3) is 0.357. The molecule has 2 aromatic carbocycles. The number of allylic oxidation sites excluding steroid dienone is 1. The minimum atomic E-state index is -0.0280. The number of nitrogens with zero attached hydrogens (tertiary/aromatic N) is 1. The largest absolute Gasteiger partial charge is 0.482 e. The number of aryl methyl sites for hydroxylation is 2. The van der Waals surface area contributed by atoms with Crippen molar-refractivity contribution in [3.8, 4) is 0 Å². The van der Waals surface area contributed by atoms with E-state index in [0.717, 1.165) is 34.8 Å². The van der Waals surface area contributed by atoms with Gasteiger partial charge in [0, 0.05) is 40.4 Å². The molecule has 0 saturated heterocycles. The molecule has 3 rings (SSSR count). The van der Waals surface area contributed by atoms with E-state index in [0.29, 0.717) is 23.2 Å². The number of aliphatic hydroxyl groups is 1. The van der Waals surface area contributed by atoms with Gasteiger partial charge in [0.15, 0.2) is 12.2 Å². The summed E-state index contributed by atoms with van der Waals surface area (Å²) in [7, 11) is 1.44. The van der Waals surface area contributed by atoms with Crippen LogP contribution in [0.1, 0.15) is 60.7 Å². The van der Waals surface area contributed by atoms with Gasteiger partial charge in [-0.05, 0) is 54.7 Å². The van der Waals surface area contributed by atoms with Gasteiger partial charge in [0.05, 0.1) is 19.3 Å². The molecule has 0 aliphatic heterocycles. The minimum absolute atomic E-state index is 0.0280. The second-order valence-electron chi connectivity index (χ2n) is 7.65. The van der Waals surface area contributed by atoms with E-state index in [1.54, 1.807) is 22.9 Å². The quantitative estimate of drug-likeness (QED) is 0.180. The zero-order valence-electron chi connectivity index (χ0n) is 21.4. The Balaban J connectivity index is 0.000000372. The molecule has 0 aliphatic rings. The van der Waals surface area contributed by atoms with Crippen LogP contribution in [0.15, 0.2) is 48.5 Å². The fourth-order valence-electron chi connectivity index (χ4n) is 3.56. The second-order valence-corrected chi connectivity index (χ2v) is 8.09.